The molecule has 7 heteroatoms. The smallest absolute Gasteiger partial charge is 0.261 e. The first-order chi connectivity index (χ1) is 13.5. The lowest BCUT2D eigenvalue weighted by molar-refractivity contribution is -0.117. The lowest BCUT2D eigenvalue weighted by Crippen LogP contribution is -2.41. The second-order valence-corrected chi connectivity index (χ2v) is 7.06. The predicted molar refractivity (Wildman–Crippen MR) is 107 cm³/mol. The van der Waals surface area contributed by atoms with Gasteiger partial charge in [-0.25, -0.2) is 4.39 Å². The molecule has 0 fully saturated rings. The summed E-state index contributed by atoms with van der Waals surface area (Å²) < 4.78 is 18.8. The van der Waals surface area contributed by atoms with Gasteiger partial charge in [-0.3, -0.25) is 9.59 Å². The van der Waals surface area contributed by atoms with Gasteiger partial charge in [-0.2, -0.15) is 0 Å². The third kappa shape index (κ3) is 5.40. The molecule has 144 valence electrons. The van der Waals surface area contributed by atoms with Crippen molar-refractivity contribution in [2.75, 3.05) is 5.32 Å². The summed E-state index contributed by atoms with van der Waals surface area (Å²) in [4.78, 5) is 24.9. The first-order valence-electron chi connectivity index (χ1n) is 8.64. The van der Waals surface area contributed by atoms with Gasteiger partial charge in [0.2, 0.25) is 5.91 Å². The van der Waals surface area contributed by atoms with Gasteiger partial charge in [0.15, 0.2) is 0 Å². The van der Waals surface area contributed by atoms with E-state index in [4.69, 9.17) is 4.74 Å². The molecule has 2 aromatic carbocycles. The highest BCUT2D eigenvalue weighted by atomic mass is 32.1. The molecule has 1 heterocycles. The molecule has 28 heavy (non-hydrogen) atoms. The second-order valence-electron chi connectivity index (χ2n) is 6.11. The Morgan fingerprint density at radius 1 is 1.11 bits per heavy atom. The zero-order valence-electron chi connectivity index (χ0n) is 15.1. The number of amides is 2. The predicted octanol–water partition coefficient (Wildman–Crippen LogP) is 4.22. The normalized spacial score (nSPS) is 11.5. The van der Waals surface area contributed by atoms with E-state index in [2.05, 4.69) is 10.6 Å². The lowest BCUT2D eigenvalue weighted by atomic mass is 10.2. The third-order valence-corrected chi connectivity index (χ3v) is 4.75. The van der Waals surface area contributed by atoms with E-state index in [9.17, 15) is 14.0 Å². The summed E-state index contributed by atoms with van der Waals surface area (Å²) >= 11 is 1.31. The summed E-state index contributed by atoms with van der Waals surface area (Å²) in [6.45, 7) is 1.86. The van der Waals surface area contributed by atoms with Crippen molar-refractivity contribution in [1.29, 1.82) is 0 Å². The number of halogens is 1. The van der Waals surface area contributed by atoms with E-state index in [1.54, 1.807) is 54.8 Å². The Kier molecular flexibility index (Phi) is 6.39. The van der Waals surface area contributed by atoms with Crippen LogP contribution in [0.5, 0.6) is 5.75 Å². The molecule has 0 aliphatic carbocycles. The number of ether oxygens (including phenoxy) is 1. The maximum absolute atomic E-state index is 13.2. The van der Waals surface area contributed by atoms with Crippen molar-refractivity contribution >= 4 is 28.8 Å². The standard InChI is InChI=1S/C21H19FN2O3S/c1-14(23-21(26)19-9-4-10-28-19)20(25)24-17-7-2-5-15(11-17)13-27-18-8-3-6-16(22)12-18/h2-12,14H,13H2,1H3,(H,23,26)(H,24,25)/t14-/m1/s1. The number of rotatable bonds is 7. The van der Waals surface area contributed by atoms with Crippen molar-refractivity contribution in [1.82, 2.24) is 5.32 Å². The SMILES string of the molecule is C[C@@H](NC(=O)c1cccs1)C(=O)Nc1cccc(COc2cccc(F)c2)c1. The van der Waals surface area contributed by atoms with Crippen molar-refractivity contribution in [3.8, 4) is 5.75 Å². The van der Waals surface area contributed by atoms with Crippen molar-refractivity contribution in [3.05, 3.63) is 82.3 Å². The fraction of sp³-hybridized carbons (Fsp3) is 0.143. The van der Waals surface area contributed by atoms with Gasteiger partial charge in [0.25, 0.3) is 5.91 Å². The van der Waals surface area contributed by atoms with Crippen LogP contribution in [0.1, 0.15) is 22.2 Å². The van der Waals surface area contributed by atoms with Crippen LogP contribution < -0.4 is 15.4 Å². The van der Waals surface area contributed by atoms with Gasteiger partial charge >= 0.3 is 0 Å². The van der Waals surface area contributed by atoms with E-state index in [-0.39, 0.29) is 24.2 Å². The van der Waals surface area contributed by atoms with Gasteiger partial charge in [-0.15, -0.1) is 11.3 Å². The van der Waals surface area contributed by atoms with Gasteiger partial charge in [0.05, 0.1) is 4.88 Å². The molecule has 3 aromatic rings. The molecule has 2 N–H and O–H groups in total. The van der Waals surface area contributed by atoms with E-state index in [1.807, 2.05) is 6.07 Å². The van der Waals surface area contributed by atoms with Gasteiger partial charge in [0, 0.05) is 11.8 Å². The molecule has 3 rings (SSSR count). The maximum Gasteiger partial charge on any atom is 0.261 e. The maximum atomic E-state index is 13.2. The summed E-state index contributed by atoms with van der Waals surface area (Å²) in [7, 11) is 0. The minimum Gasteiger partial charge on any atom is -0.489 e. The van der Waals surface area contributed by atoms with Crippen molar-refractivity contribution < 1.29 is 18.7 Å². The zero-order chi connectivity index (χ0) is 19.9. The summed E-state index contributed by atoms with van der Waals surface area (Å²) in [6.07, 6.45) is 0. The quantitative estimate of drug-likeness (QED) is 0.626. The fourth-order valence-electron chi connectivity index (χ4n) is 2.45. The van der Waals surface area contributed by atoms with E-state index >= 15 is 0 Å². The van der Waals surface area contributed by atoms with E-state index in [1.165, 1.54) is 23.5 Å². The molecule has 0 unspecified atom stereocenters. The molecule has 0 aliphatic heterocycles. The molecule has 0 radical (unpaired) electrons. The van der Waals surface area contributed by atoms with Crippen LogP contribution >= 0.6 is 11.3 Å². The number of hydrogen-bond acceptors (Lipinski definition) is 4. The molecular weight excluding hydrogens is 379 g/mol. The Morgan fingerprint density at radius 2 is 1.93 bits per heavy atom. The minimum absolute atomic E-state index is 0.234. The highest BCUT2D eigenvalue weighted by molar-refractivity contribution is 7.12. The Hall–Kier alpha value is -3.19. The molecule has 0 aliphatic rings. The molecule has 0 saturated heterocycles. The molecule has 0 bridgehead atoms. The second kappa shape index (κ2) is 9.14. The average Bonchev–Trinajstić information content (AvgIpc) is 3.22. The van der Waals surface area contributed by atoms with Gasteiger partial charge in [0.1, 0.15) is 24.2 Å². The number of thiophene rings is 1. The van der Waals surface area contributed by atoms with Crippen molar-refractivity contribution in [2.24, 2.45) is 0 Å². The molecule has 0 spiro atoms. The average molecular weight is 398 g/mol. The van der Waals surface area contributed by atoms with E-state index < -0.39 is 6.04 Å². The van der Waals surface area contributed by atoms with Crippen LogP contribution in [0.2, 0.25) is 0 Å². The van der Waals surface area contributed by atoms with Crippen LogP contribution in [0.3, 0.4) is 0 Å². The number of benzene rings is 2. The van der Waals surface area contributed by atoms with Crippen LogP contribution in [0.4, 0.5) is 10.1 Å². The van der Waals surface area contributed by atoms with Crippen LogP contribution in [0.15, 0.2) is 66.0 Å². The highest BCUT2D eigenvalue weighted by Gasteiger charge is 2.17. The molecule has 0 saturated carbocycles. The largest absolute Gasteiger partial charge is 0.489 e. The number of anilines is 1. The molecule has 2 amide bonds. The Labute approximate surface area is 166 Å². The lowest BCUT2D eigenvalue weighted by Gasteiger charge is -2.14. The van der Waals surface area contributed by atoms with E-state index in [0.29, 0.717) is 16.3 Å². The first kappa shape index (κ1) is 19.6. The number of carbonyl (C=O) groups is 2. The number of nitrogens with one attached hydrogen (secondary N) is 2. The van der Waals surface area contributed by atoms with E-state index in [0.717, 1.165) is 5.56 Å². The van der Waals surface area contributed by atoms with Gasteiger partial charge in [-0.1, -0.05) is 24.3 Å². The first-order valence-corrected chi connectivity index (χ1v) is 9.52. The third-order valence-electron chi connectivity index (χ3n) is 3.88. The zero-order valence-corrected chi connectivity index (χ0v) is 16.0. The van der Waals surface area contributed by atoms with Crippen LogP contribution in [0.25, 0.3) is 0 Å². The topological polar surface area (TPSA) is 67.4 Å². The minimum atomic E-state index is -0.693. The van der Waals surface area contributed by atoms with Crippen LogP contribution in [0, 0.1) is 5.82 Å². The molecule has 5 nitrogen and oxygen atoms in total. The van der Waals surface area contributed by atoms with Crippen LogP contribution in [-0.4, -0.2) is 17.9 Å². The fourth-order valence-corrected chi connectivity index (χ4v) is 3.08. The Balaban J connectivity index is 1.55. The van der Waals surface area contributed by atoms with Crippen LogP contribution in [-0.2, 0) is 11.4 Å². The van der Waals surface area contributed by atoms with Crippen molar-refractivity contribution in [3.63, 3.8) is 0 Å². The van der Waals surface area contributed by atoms with Crippen molar-refractivity contribution in [2.45, 2.75) is 19.6 Å². The summed E-state index contributed by atoms with van der Waals surface area (Å²) in [6, 6.07) is 15.8. The number of hydrogen-bond donors (Lipinski definition) is 2. The Bertz CT molecular complexity index is 960. The van der Waals surface area contributed by atoms with Gasteiger partial charge in [-0.05, 0) is 48.2 Å². The number of carbonyl (C=O) groups excluding carboxylic acids is 2. The highest BCUT2D eigenvalue weighted by Crippen LogP contribution is 2.16. The Morgan fingerprint density at radius 3 is 2.68 bits per heavy atom. The summed E-state index contributed by atoms with van der Waals surface area (Å²) in [5.41, 5.74) is 1.40. The molecule has 1 aromatic heterocycles. The molecular formula is C21H19FN2O3S. The monoisotopic (exact) mass is 398 g/mol. The molecule has 1 atom stereocenters. The van der Waals surface area contributed by atoms with Gasteiger partial charge < -0.3 is 15.4 Å². The summed E-state index contributed by atoms with van der Waals surface area (Å²) in [5, 5.41) is 7.24. The summed E-state index contributed by atoms with van der Waals surface area (Å²) in [5.74, 6) is -0.542.